The average Bonchev–Trinajstić information content (AvgIpc) is 2.45. The molecule has 2 rings (SSSR count). The van der Waals surface area contributed by atoms with Gasteiger partial charge in [0.05, 0.1) is 12.7 Å². The Kier molecular flexibility index (Phi) is 3.90. The molecule has 0 amide bonds. The predicted octanol–water partition coefficient (Wildman–Crippen LogP) is 3.75. The van der Waals surface area contributed by atoms with Crippen LogP contribution in [0.3, 0.4) is 0 Å². The van der Waals surface area contributed by atoms with Crippen molar-refractivity contribution >= 4 is 5.97 Å². The SMILES string of the molecule is COC(=O)c1cccc(-c2cccc(F)c2)c1CF. The standard InChI is InChI=1S/C15H12F2O2/c1-19-15(18)13-7-3-6-12(14(13)9-16)10-4-2-5-11(17)8-10/h2-8H,9H2,1H3. The first-order valence-electron chi connectivity index (χ1n) is 5.69. The van der Waals surface area contributed by atoms with E-state index >= 15 is 0 Å². The number of ether oxygens (including phenoxy) is 1. The monoisotopic (exact) mass is 262 g/mol. The summed E-state index contributed by atoms with van der Waals surface area (Å²) in [6, 6.07) is 10.6. The molecular formula is C15H12F2O2. The second kappa shape index (κ2) is 5.61. The Morgan fingerprint density at radius 2 is 1.95 bits per heavy atom. The fraction of sp³-hybridized carbons (Fsp3) is 0.133. The first kappa shape index (κ1) is 13.2. The molecule has 0 aliphatic carbocycles. The van der Waals surface area contributed by atoms with E-state index in [1.807, 2.05) is 0 Å². The number of carbonyl (C=O) groups excluding carboxylic acids is 1. The lowest BCUT2D eigenvalue weighted by atomic mass is 9.96. The minimum Gasteiger partial charge on any atom is -0.465 e. The Morgan fingerprint density at radius 1 is 1.21 bits per heavy atom. The average molecular weight is 262 g/mol. The number of halogens is 2. The van der Waals surface area contributed by atoms with Crippen LogP contribution in [0.25, 0.3) is 11.1 Å². The zero-order valence-electron chi connectivity index (χ0n) is 10.3. The summed E-state index contributed by atoms with van der Waals surface area (Å²) < 4.78 is 31.1. The fourth-order valence-corrected chi connectivity index (χ4v) is 1.96. The third kappa shape index (κ3) is 2.62. The van der Waals surface area contributed by atoms with Crippen LogP contribution in [0.2, 0.25) is 0 Å². The van der Waals surface area contributed by atoms with E-state index in [0.717, 1.165) is 0 Å². The molecule has 0 fully saturated rings. The smallest absolute Gasteiger partial charge is 0.338 e. The van der Waals surface area contributed by atoms with Crippen LogP contribution in [0.15, 0.2) is 42.5 Å². The third-order valence-corrected chi connectivity index (χ3v) is 2.85. The maximum Gasteiger partial charge on any atom is 0.338 e. The Balaban J connectivity index is 2.61. The quantitative estimate of drug-likeness (QED) is 0.787. The minimum atomic E-state index is -0.822. The summed E-state index contributed by atoms with van der Waals surface area (Å²) in [4.78, 5) is 11.6. The van der Waals surface area contributed by atoms with Gasteiger partial charge in [-0.05, 0) is 29.3 Å². The van der Waals surface area contributed by atoms with Crippen LogP contribution in [-0.4, -0.2) is 13.1 Å². The molecule has 0 bridgehead atoms. The second-order valence-electron chi connectivity index (χ2n) is 3.97. The van der Waals surface area contributed by atoms with Gasteiger partial charge in [0.1, 0.15) is 12.5 Å². The molecule has 0 aromatic heterocycles. The van der Waals surface area contributed by atoms with Crippen LogP contribution in [0.4, 0.5) is 8.78 Å². The van der Waals surface area contributed by atoms with E-state index in [-0.39, 0.29) is 11.1 Å². The minimum absolute atomic E-state index is 0.159. The van der Waals surface area contributed by atoms with E-state index in [2.05, 4.69) is 4.74 Å². The molecule has 19 heavy (non-hydrogen) atoms. The molecule has 4 heteroatoms. The molecule has 0 aliphatic rings. The predicted molar refractivity (Wildman–Crippen MR) is 68.0 cm³/mol. The van der Waals surface area contributed by atoms with E-state index < -0.39 is 18.5 Å². The first-order valence-corrected chi connectivity index (χ1v) is 5.69. The number of alkyl halides is 1. The normalized spacial score (nSPS) is 10.3. The summed E-state index contributed by atoms with van der Waals surface area (Å²) >= 11 is 0. The molecule has 2 aromatic rings. The van der Waals surface area contributed by atoms with Crippen molar-refractivity contribution in [3.63, 3.8) is 0 Å². The molecule has 0 saturated carbocycles. The molecule has 0 spiro atoms. The number of hydrogen-bond donors (Lipinski definition) is 0. The first-order chi connectivity index (χ1) is 9.17. The van der Waals surface area contributed by atoms with E-state index in [9.17, 15) is 13.6 Å². The summed E-state index contributed by atoms with van der Waals surface area (Å²) in [5, 5.41) is 0. The van der Waals surface area contributed by atoms with E-state index in [0.29, 0.717) is 11.1 Å². The van der Waals surface area contributed by atoms with Crippen molar-refractivity contribution in [2.45, 2.75) is 6.67 Å². The summed E-state index contributed by atoms with van der Waals surface area (Å²) in [5.41, 5.74) is 1.38. The fourth-order valence-electron chi connectivity index (χ4n) is 1.96. The van der Waals surface area contributed by atoms with Crippen LogP contribution in [0.5, 0.6) is 0 Å². The molecule has 2 nitrogen and oxygen atoms in total. The van der Waals surface area contributed by atoms with Crippen molar-refractivity contribution in [3.8, 4) is 11.1 Å². The summed E-state index contributed by atoms with van der Waals surface area (Å²) in [7, 11) is 1.24. The Hall–Kier alpha value is -2.23. The number of benzene rings is 2. The highest BCUT2D eigenvalue weighted by molar-refractivity contribution is 5.93. The topological polar surface area (TPSA) is 26.3 Å². The lowest BCUT2D eigenvalue weighted by Gasteiger charge is -2.11. The van der Waals surface area contributed by atoms with Crippen LogP contribution < -0.4 is 0 Å². The van der Waals surface area contributed by atoms with Gasteiger partial charge in [0, 0.05) is 5.56 Å². The largest absolute Gasteiger partial charge is 0.465 e. The number of methoxy groups -OCH3 is 1. The molecule has 0 unspecified atom stereocenters. The zero-order valence-corrected chi connectivity index (χ0v) is 10.3. The van der Waals surface area contributed by atoms with Crippen LogP contribution in [-0.2, 0) is 11.4 Å². The van der Waals surface area contributed by atoms with Gasteiger partial charge in [-0.2, -0.15) is 0 Å². The maximum atomic E-state index is 13.2. The molecule has 0 heterocycles. The number of rotatable bonds is 3. The molecule has 0 atom stereocenters. The van der Waals surface area contributed by atoms with Gasteiger partial charge in [-0.1, -0.05) is 24.3 Å². The van der Waals surface area contributed by atoms with Gasteiger partial charge in [-0.15, -0.1) is 0 Å². The second-order valence-corrected chi connectivity index (χ2v) is 3.97. The van der Waals surface area contributed by atoms with E-state index in [1.165, 1.54) is 31.4 Å². The highest BCUT2D eigenvalue weighted by Gasteiger charge is 2.16. The van der Waals surface area contributed by atoms with Gasteiger partial charge < -0.3 is 4.74 Å². The molecule has 0 radical (unpaired) electrons. The Bertz CT molecular complexity index is 609. The third-order valence-electron chi connectivity index (χ3n) is 2.85. The Labute approximate surface area is 109 Å². The summed E-state index contributed by atoms with van der Waals surface area (Å²) in [6.45, 7) is -0.822. The molecule has 2 aromatic carbocycles. The van der Waals surface area contributed by atoms with Crippen LogP contribution in [0.1, 0.15) is 15.9 Å². The molecule has 0 saturated heterocycles. The maximum absolute atomic E-state index is 13.2. The van der Waals surface area contributed by atoms with Gasteiger partial charge in [0.25, 0.3) is 0 Å². The number of carbonyl (C=O) groups is 1. The van der Waals surface area contributed by atoms with Crippen LogP contribution >= 0.6 is 0 Å². The van der Waals surface area contributed by atoms with Gasteiger partial charge in [-0.3, -0.25) is 0 Å². The molecule has 98 valence electrons. The zero-order chi connectivity index (χ0) is 13.8. The highest BCUT2D eigenvalue weighted by atomic mass is 19.1. The van der Waals surface area contributed by atoms with Crippen molar-refractivity contribution in [1.82, 2.24) is 0 Å². The van der Waals surface area contributed by atoms with Crippen molar-refractivity contribution in [2.75, 3.05) is 7.11 Å². The summed E-state index contributed by atoms with van der Waals surface area (Å²) in [6.07, 6.45) is 0. The number of hydrogen-bond acceptors (Lipinski definition) is 2. The van der Waals surface area contributed by atoms with Gasteiger partial charge in [0.2, 0.25) is 0 Å². The lowest BCUT2D eigenvalue weighted by molar-refractivity contribution is 0.0598. The lowest BCUT2D eigenvalue weighted by Crippen LogP contribution is -2.06. The van der Waals surface area contributed by atoms with Gasteiger partial charge in [0.15, 0.2) is 0 Å². The summed E-state index contributed by atoms with van der Waals surface area (Å²) in [5.74, 6) is -1.02. The molecular weight excluding hydrogens is 250 g/mol. The van der Waals surface area contributed by atoms with Gasteiger partial charge >= 0.3 is 5.97 Å². The van der Waals surface area contributed by atoms with Gasteiger partial charge in [-0.25, -0.2) is 13.6 Å². The highest BCUT2D eigenvalue weighted by Crippen LogP contribution is 2.28. The van der Waals surface area contributed by atoms with Crippen molar-refractivity contribution < 1.29 is 18.3 Å². The Morgan fingerprint density at radius 3 is 2.58 bits per heavy atom. The van der Waals surface area contributed by atoms with Crippen molar-refractivity contribution in [2.24, 2.45) is 0 Å². The molecule has 0 N–H and O–H groups in total. The van der Waals surface area contributed by atoms with Crippen LogP contribution in [0, 0.1) is 5.82 Å². The van der Waals surface area contributed by atoms with Crippen molar-refractivity contribution in [3.05, 3.63) is 59.4 Å². The number of esters is 1. The molecule has 0 aliphatic heterocycles. The van der Waals surface area contributed by atoms with Crippen molar-refractivity contribution in [1.29, 1.82) is 0 Å². The van der Waals surface area contributed by atoms with E-state index in [1.54, 1.807) is 18.2 Å². The van der Waals surface area contributed by atoms with E-state index in [4.69, 9.17) is 0 Å².